The van der Waals surface area contributed by atoms with E-state index in [4.69, 9.17) is 11.6 Å². The van der Waals surface area contributed by atoms with Crippen molar-refractivity contribution in [3.05, 3.63) is 75.9 Å². The minimum Gasteiger partial charge on any atom is -0.343 e. The van der Waals surface area contributed by atoms with E-state index in [1.54, 1.807) is 0 Å². The van der Waals surface area contributed by atoms with E-state index in [1.165, 1.54) is 0 Å². The molecule has 0 amide bonds. The van der Waals surface area contributed by atoms with Gasteiger partial charge in [-0.2, -0.15) is 0 Å². The second-order valence-corrected chi connectivity index (χ2v) is 5.73. The van der Waals surface area contributed by atoms with Crippen LogP contribution < -0.4 is 5.76 Å². The molecule has 0 aliphatic carbocycles. The van der Waals surface area contributed by atoms with Crippen LogP contribution in [0.3, 0.4) is 0 Å². The number of H-pyrrole nitrogens is 1. The Kier molecular flexibility index (Phi) is 3.28. The molecule has 0 unspecified atom stereocenters. The van der Waals surface area contributed by atoms with E-state index in [1.807, 2.05) is 48.7 Å². The fourth-order valence-electron chi connectivity index (χ4n) is 2.66. The van der Waals surface area contributed by atoms with Gasteiger partial charge in [0.1, 0.15) is 0 Å². The molecule has 0 fully saturated rings. The number of fused-ring (bicyclic) bond motifs is 1. The molecule has 6 heteroatoms. The minimum atomic E-state index is -0.561. The number of benzene rings is 2. The molecule has 0 aliphatic rings. The summed E-state index contributed by atoms with van der Waals surface area (Å²) in [6, 6.07) is 15.7. The molecule has 0 aliphatic heterocycles. The standard InChI is InChI=1S/C17H12ClN3O2/c18-14-3-1-2-11(8-14)10-21-7-6-12-4-5-13(9-15(12)21)16-19-17(22)23-20-16/h1-9H,10H2,(H,19,20,22). The first kappa shape index (κ1) is 13.8. The van der Waals surface area contributed by atoms with E-state index >= 15 is 0 Å². The first-order valence-corrected chi connectivity index (χ1v) is 7.46. The predicted molar refractivity (Wildman–Crippen MR) is 88.6 cm³/mol. The summed E-state index contributed by atoms with van der Waals surface area (Å²) < 4.78 is 6.70. The molecule has 5 nitrogen and oxygen atoms in total. The third-order valence-corrected chi connectivity index (χ3v) is 3.96. The maximum atomic E-state index is 11.1. The van der Waals surface area contributed by atoms with E-state index in [9.17, 15) is 4.79 Å². The first-order chi connectivity index (χ1) is 11.2. The lowest BCUT2D eigenvalue weighted by molar-refractivity contribution is 0.388. The monoisotopic (exact) mass is 325 g/mol. The van der Waals surface area contributed by atoms with Gasteiger partial charge < -0.3 is 4.57 Å². The summed E-state index contributed by atoms with van der Waals surface area (Å²) in [6.07, 6.45) is 2.03. The van der Waals surface area contributed by atoms with Crippen LogP contribution in [0.5, 0.6) is 0 Å². The van der Waals surface area contributed by atoms with E-state index in [0.717, 1.165) is 27.1 Å². The molecule has 4 rings (SSSR count). The number of halogens is 1. The molecule has 0 radical (unpaired) electrons. The molecule has 114 valence electrons. The van der Waals surface area contributed by atoms with Gasteiger partial charge in [-0.25, -0.2) is 4.79 Å². The summed E-state index contributed by atoms with van der Waals surface area (Å²) in [5, 5.41) is 5.57. The quantitative estimate of drug-likeness (QED) is 0.625. The third-order valence-electron chi connectivity index (χ3n) is 3.73. The maximum Gasteiger partial charge on any atom is 0.439 e. The molecule has 2 aromatic carbocycles. The Hall–Kier alpha value is -2.79. The average Bonchev–Trinajstić information content (AvgIpc) is 3.14. The van der Waals surface area contributed by atoms with Crippen LogP contribution in [0, 0.1) is 0 Å². The molecule has 2 heterocycles. The third kappa shape index (κ3) is 2.66. The van der Waals surface area contributed by atoms with Gasteiger partial charge in [-0.3, -0.25) is 9.51 Å². The number of hydrogen-bond donors (Lipinski definition) is 1. The summed E-state index contributed by atoms with van der Waals surface area (Å²) in [5.74, 6) is -0.137. The van der Waals surface area contributed by atoms with Crippen LogP contribution >= 0.6 is 11.6 Å². The molecule has 0 spiro atoms. The summed E-state index contributed by atoms with van der Waals surface area (Å²) in [4.78, 5) is 13.7. The smallest absolute Gasteiger partial charge is 0.343 e. The fourth-order valence-corrected chi connectivity index (χ4v) is 2.87. The van der Waals surface area contributed by atoms with Gasteiger partial charge in [-0.05, 0) is 35.2 Å². The van der Waals surface area contributed by atoms with E-state index in [-0.39, 0.29) is 0 Å². The number of nitrogens with zero attached hydrogens (tertiary/aromatic N) is 2. The van der Waals surface area contributed by atoms with E-state index in [0.29, 0.717) is 12.4 Å². The molecular formula is C17H12ClN3O2. The molecular weight excluding hydrogens is 314 g/mol. The number of aromatic amines is 1. The lowest BCUT2D eigenvalue weighted by Crippen LogP contribution is -1.98. The molecule has 0 saturated carbocycles. The Labute approximate surface area is 136 Å². The second kappa shape index (κ2) is 5.44. The van der Waals surface area contributed by atoms with Gasteiger partial charge in [0.2, 0.25) is 0 Å². The van der Waals surface area contributed by atoms with Crippen LogP contribution in [0.1, 0.15) is 5.56 Å². The normalized spacial score (nSPS) is 11.2. The number of nitrogens with one attached hydrogen (secondary N) is 1. The summed E-state index contributed by atoms with van der Waals surface area (Å²) >= 11 is 6.05. The van der Waals surface area contributed by atoms with Crippen molar-refractivity contribution < 1.29 is 4.52 Å². The van der Waals surface area contributed by atoms with Crippen molar-refractivity contribution in [1.82, 2.24) is 14.7 Å². The van der Waals surface area contributed by atoms with Crippen molar-refractivity contribution in [2.24, 2.45) is 0 Å². The van der Waals surface area contributed by atoms with Crippen LogP contribution in [0.15, 0.2) is 64.0 Å². The highest BCUT2D eigenvalue weighted by Crippen LogP contribution is 2.23. The Morgan fingerprint density at radius 3 is 2.87 bits per heavy atom. The number of rotatable bonds is 3. The molecule has 23 heavy (non-hydrogen) atoms. The van der Waals surface area contributed by atoms with Crippen molar-refractivity contribution in [3.63, 3.8) is 0 Å². The average molecular weight is 326 g/mol. The van der Waals surface area contributed by atoms with Gasteiger partial charge in [-0.1, -0.05) is 41.0 Å². The van der Waals surface area contributed by atoms with Crippen LogP contribution in [0.2, 0.25) is 5.02 Å². The highest BCUT2D eigenvalue weighted by molar-refractivity contribution is 6.30. The Morgan fingerprint density at radius 1 is 1.17 bits per heavy atom. The topological polar surface area (TPSA) is 63.8 Å². The zero-order valence-corrected chi connectivity index (χ0v) is 12.7. The fraction of sp³-hybridized carbons (Fsp3) is 0.0588. The van der Waals surface area contributed by atoms with Gasteiger partial charge in [0.15, 0.2) is 5.82 Å². The van der Waals surface area contributed by atoms with Crippen LogP contribution in [0.4, 0.5) is 0 Å². The van der Waals surface area contributed by atoms with E-state index in [2.05, 4.69) is 25.3 Å². The Balaban J connectivity index is 1.77. The van der Waals surface area contributed by atoms with Crippen molar-refractivity contribution >= 4 is 22.5 Å². The molecule has 0 bridgehead atoms. The molecule has 0 saturated heterocycles. The zero-order chi connectivity index (χ0) is 15.8. The summed E-state index contributed by atoms with van der Waals surface area (Å²) in [7, 11) is 0. The summed E-state index contributed by atoms with van der Waals surface area (Å²) in [6.45, 7) is 0.711. The van der Waals surface area contributed by atoms with Crippen molar-refractivity contribution in [2.45, 2.75) is 6.54 Å². The number of aromatic nitrogens is 3. The van der Waals surface area contributed by atoms with Crippen LogP contribution in [-0.2, 0) is 6.54 Å². The maximum absolute atomic E-state index is 11.1. The lowest BCUT2D eigenvalue weighted by atomic mass is 10.1. The first-order valence-electron chi connectivity index (χ1n) is 7.09. The Morgan fingerprint density at radius 2 is 2.09 bits per heavy atom. The van der Waals surface area contributed by atoms with Crippen molar-refractivity contribution in [2.75, 3.05) is 0 Å². The molecule has 1 N–H and O–H groups in total. The van der Waals surface area contributed by atoms with Gasteiger partial charge in [0.25, 0.3) is 0 Å². The molecule has 0 atom stereocenters. The molecule has 2 aromatic heterocycles. The number of hydrogen-bond acceptors (Lipinski definition) is 3. The largest absolute Gasteiger partial charge is 0.439 e. The lowest BCUT2D eigenvalue weighted by Gasteiger charge is -2.07. The Bertz CT molecular complexity index is 1050. The zero-order valence-electron chi connectivity index (χ0n) is 12.0. The second-order valence-electron chi connectivity index (χ2n) is 5.29. The van der Waals surface area contributed by atoms with Crippen LogP contribution in [0.25, 0.3) is 22.3 Å². The van der Waals surface area contributed by atoms with Gasteiger partial charge >= 0.3 is 5.76 Å². The molecule has 4 aromatic rings. The predicted octanol–water partition coefficient (Wildman–Crippen LogP) is 3.69. The summed E-state index contributed by atoms with van der Waals surface area (Å²) in [5.41, 5.74) is 2.97. The highest BCUT2D eigenvalue weighted by atomic mass is 35.5. The van der Waals surface area contributed by atoms with Crippen molar-refractivity contribution in [3.8, 4) is 11.4 Å². The van der Waals surface area contributed by atoms with Crippen molar-refractivity contribution in [1.29, 1.82) is 0 Å². The van der Waals surface area contributed by atoms with Gasteiger partial charge in [0.05, 0.1) is 0 Å². The SMILES string of the molecule is O=c1[nH]c(-c2ccc3ccn(Cc4cccc(Cl)c4)c3c2)no1. The highest BCUT2D eigenvalue weighted by Gasteiger charge is 2.08. The minimum absolute atomic E-state index is 0.424. The van der Waals surface area contributed by atoms with Crippen LogP contribution in [-0.4, -0.2) is 14.7 Å². The van der Waals surface area contributed by atoms with Gasteiger partial charge in [-0.15, -0.1) is 0 Å². The van der Waals surface area contributed by atoms with E-state index < -0.39 is 5.76 Å². The van der Waals surface area contributed by atoms with Gasteiger partial charge in [0, 0.05) is 28.8 Å².